The third-order valence-corrected chi connectivity index (χ3v) is 3.45. The van der Waals surface area contributed by atoms with Crippen molar-refractivity contribution in [2.45, 2.75) is 20.4 Å². The standard InChI is InChI=1S/C11H18N2OS/c1-4-13(3)11(14)8-12-7-10-9(2)5-6-15-10/h5-6,12H,4,7-8H2,1-3H3. The summed E-state index contributed by atoms with van der Waals surface area (Å²) in [5.41, 5.74) is 1.30. The molecule has 84 valence electrons. The van der Waals surface area contributed by atoms with E-state index in [1.54, 1.807) is 16.2 Å². The van der Waals surface area contributed by atoms with Gasteiger partial charge in [-0.15, -0.1) is 11.3 Å². The van der Waals surface area contributed by atoms with Crippen LogP contribution in [0.4, 0.5) is 0 Å². The Morgan fingerprint density at radius 1 is 1.60 bits per heavy atom. The van der Waals surface area contributed by atoms with Crippen molar-refractivity contribution in [1.82, 2.24) is 10.2 Å². The first-order chi connectivity index (χ1) is 7.15. The molecule has 1 aromatic heterocycles. The van der Waals surface area contributed by atoms with Gasteiger partial charge in [0.2, 0.25) is 5.91 Å². The summed E-state index contributed by atoms with van der Waals surface area (Å²) in [6.07, 6.45) is 0. The van der Waals surface area contributed by atoms with E-state index < -0.39 is 0 Å². The first-order valence-electron chi connectivity index (χ1n) is 5.12. The van der Waals surface area contributed by atoms with Crippen molar-refractivity contribution in [3.63, 3.8) is 0 Å². The van der Waals surface area contributed by atoms with E-state index in [2.05, 4.69) is 23.7 Å². The zero-order valence-electron chi connectivity index (χ0n) is 9.54. The number of amides is 1. The molecule has 0 bridgehead atoms. The smallest absolute Gasteiger partial charge is 0.236 e. The van der Waals surface area contributed by atoms with Crippen molar-refractivity contribution in [1.29, 1.82) is 0 Å². The van der Waals surface area contributed by atoms with Gasteiger partial charge in [0, 0.05) is 25.0 Å². The van der Waals surface area contributed by atoms with Crippen LogP contribution in [0, 0.1) is 6.92 Å². The number of hydrogen-bond acceptors (Lipinski definition) is 3. The third kappa shape index (κ3) is 3.64. The topological polar surface area (TPSA) is 32.3 Å². The summed E-state index contributed by atoms with van der Waals surface area (Å²) in [5.74, 6) is 0.145. The Kier molecular flexibility index (Phi) is 4.78. The number of aryl methyl sites for hydroxylation is 1. The first-order valence-corrected chi connectivity index (χ1v) is 6.00. The highest BCUT2D eigenvalue weighted by molar-refractivity contribution is 7.10. The van der Waals surface area contributed by atoms with E-state index in [0.29, 0.717) is 6.54 Å². The maximum Gasteiger partial charge on any atom is 0.236 e. The summed E-state index contributed by atoms with van der Waals surface area (Å²) in [4.78, 5) is 14.5. The molecule has 0 fully saturated rings. The van der Waals surface area contributed by atoms with Crippen molar-refractivity contribution < 1.29 is 4.79 Å². The second-order valence-corrected chi connectivity index (χ2v) is 4.54. The van der Waals surface area contributed by atoms with Gasteiger partial charge in [-0.05, 0) is 30.9 Å². The minimum absolute atomic E-state index is 0.145. The minimum atomic E-state index is 0.145. The number of carbonyl (C=O) groups is 1. The zero-order chi connectivity index (χ0) is 11.3. The molecule has 1 N–H and O–H groups in total. The number of nitrogens with one attached hydrogen (secondary N) is 1. The van der Waals surface area contributed by atoms with Crippen molar-refractivity contribution in [2.75, 3.05) is 20.1 Å². The Bertz CT molecular complexity index is 322. The van der Waals surface area contributed by atoms with Gasteiger partial charge in [0.05, 0.1) is 6.54 Å². The maximum atomic E-state index is 11.5. The molecule has 0 atom stereocenters. The lowest BCUT2D eigenvalue weighted by molar-refractivity contribution is -0.128. The van der Waals surface area contributed by atoms with Gasteiger partial charge >= 0.3 is 0 Å². The normalized spacial score (nSPS) is 10.3. The van der Waals surface area contributed by atoms with Crippen LogP contribution in [-0.2, 0) is 11.3 Å². The average molecular weight is 226 g/mol. The summed E-state index contributed by atoms with van der Waals surface area (Å²) in [6, 6.07) is 2.10. The molecule has 0 aliphatic rings. The molecule has 0 aromatic carbocycles. The van der Waals surface area contributed by atoms with Gasteiger partial charge in [-0.2, -0.15) is 0 Å². The van der Waals surface area contributed by atoms with Crippen LogP contribution in [0.15, 0.2) is 11.4 Å². The highest BCUT2D eigenvalue weighted by Crippen LogP contribution is 2.14. The SMILES string of the molecule is CCN(C)C(=O)CNCc1sccc1C. The Labute approximate surface area is 95.1 Å². The number of likely N-dealkylation sites (N-methyl/N-ethyl adjacent to an activating group) is 1. The van der Waals surface area contributed by atoms with Crippen LogP contribution in [0.5, 0.6) is 0 Å². The minimum Gasteiger partial charge on any atom is -0.345 e. The van der Waals surface area contributed by atoms with Crippen LogP contribution in [0.3, 0.4) is 0 Å². The Hall–Kier alpha value is -0.870. The Morgan fingerprint density at radius 3 is 2.87 bits per heavy atom. The zero-order valence-corrected chi connectivity index (χ0v) is 10.4. The van der Waals surface area contributed by atoms with E-state index in [1.807, 2.05) is 14.0 Å². The second-order valence-electron chi connectivity index (χ2n) is 3.54. The number of nitrogens with zero attached hydrogens (tertiary/aromatic N) is 1. The van der Waals surface area contributed by atoms with Crippen molar-refractivity contribution in [2.24, 2.45) is 0 Å². The lowest BCUT2D eigenvalue weighted by atomic mass is 10.3. The van der Waals surface area contributed by atoms with Crippen molar-refractivity contribution in [3.8, 4) is 0 Å². The van der Waals surface area contributed by atoms with Gasteiger partial charge in [-0.1, -0.05) is 0 Å². The summed E-state index contributed by atoms with van der Waals surface area (Å²) in [6.45, 7) is 6.03. The monoisotopic (exact) mass is 226 g/mol. The molecule has 3 nitrogen and oxygen atoms in total. The van der Waals surface area contributed by atoms with E-state index in [9.17, 15) is 4.79 Å². The lowest BCUT2D eigenvalue weighted by Gasteiger charge is -2.14. The molecule has 1 heterocycles. The van der Waals surface area contributed by atoms with E-state index in [1.165, 1.54) is 10.4 Å². The van der Waals surface area contributed by atoms with Gasteiger partial charge in [0.25, 0.3) is 0 Å². The molecule has 1 aromatic rings. The summed E-state index contributed by atoms with van der Waals surface area (Å²) < 4.78 is 0. The fourth-order valence-electron chi connectivity index (χ4n) is 1.18. The number of thiophene rings is 1. The molecular weight excluding hydrogens is 208 g/mol. The van der Waals surface area contributed by atoms with Gasteiger partial charge in [0.15, 0.2) is 0 Å². The van der Waals surface area contributed by atoms with Crippen LogP contribution >= 0.6 is 11.3 Å². The molecule has 0 saturated heterocycles. The Balaban J connectivity index is 2.28. The predicted octanol–water partition coefficient (Wildman–Crippen LogP) is 1.62. The van der Waals surface area contributed by atoms with Crippen LogP contribution < -0.4 is 5.32 Å². The van der Waals surface area contributed by atoms with Crippen molar-refractivity contribution in [3.05, 3.63) is 21.9 Å². The van der Waals surface area contributed by atoms with E-state index >= 15 is 0 Å². The van der Waals surface area contributed by atoms with Crippen LogP contribution in [-0.4, -0.2) is 30.9 Å². The second kappa shape index (κ2) is 5.88. The molecule has 15 heavy (non-hydrogen) atoms. The van der Waals surface area contributed by atoms with Gasteiger partial charge in [-0.25, -0.2) is 0 Å². The molecule has 0 aliphatic carbocycles. The fraction of sp³-hybridized carbons (Fsp3) is 0.545. The number of rotatable bonds is 5. The summed E-state index contributed by atoms with van der Waals surface area (Å²) >= 11 is 1.73. The molecule has 0 aliphatic heterocycles. The highest BCUT2D eigenvalue weighted by Gasteiger charge is 2.06. The largest absolute Gasteiger partial charge is 0.345 e. The quantitative estimate of drug-likeness (QED) is 0.827. The first kappa shape index (κ1) is 12.2. The molecule has 4 heteroatoms. The van der Waals surface area contributed by atoms with Gasteiger partial charge in [-0.3, -0.25) is 4.79 Å². The van der Waals surface area contributed by atoms with Crippen LogP contribution in [0.1, 0.15) is 17.4 Å². The van der Waals surface area contributed by atoms with Crippen LogP contribution in [0.2, 0.25) is 0 Å². The molecule has 0 spiro atoms. The highest BCUT2D eigenvalue weighted by atomic mass is 32.1. The summed E-state index contributed by atoms with van der Waals surface area (Å²) in [7, 11) is 1.82. The number of carbonyl (C=O) groups excluding carboxylic acids is 1. The average Bonchev–Trinajstić information content (AvgIpc) is 2.63. The Morgan fingerprint density at radius 2 is 2.33 bits per heavy atom. The molecule has 1 amide bonds. The van der Waals surface area contributed by atoms with Crippen molar-refractivity contribution >= 4 is 17.2 Å². The molecule has 0 saturated carbocycles. The van der Waals surface area contributed by atoms with E-state index in [4.69, 9.17) is 0 Å². The maximum absolute atomic E-state index is 11.5. The predicted molar refractivity (Wildman–Crippen MR) is 64.1 cm³/mol. The fourth-order valence-corrected chi connectivity index (χ4v) is 2.06. The molecule has 1 rings (SSSR count). The van der Waals surface area contributed by atoms with Gasteiger partial charge in [0.1, 0.15) is 0 Å². The van der Waals surface area contributed by atoms with Gasteiger partial charge < -0.3 is 10.2 Å². The lowest BCUT2D eigenvalue weighted by Crippen LogP contribution is -2.35. The van der Waals surface area contributed by atoms with Crippen LogP contribution in [0.25, 0.3) is 0 Å². The third-order valence-electron chi connectivity index (χ3n) is 2.43. The molecular formula is C11H18N2OS. The summed E-state index contributed by atoms with van der Waals surface area (Å²) in [5, 5.41) is 5.24. The van der Waals surface area contributed by atoms with E-state index in [-0.39, 0.29) is 5.91 Å². The van der Waals surface area contributed by atoms with E-state index in [0.717, 1.165) is 13.1 Å². The molecule has 0 unspecified atom stereocenters. The molecule has 0 radical (unpaired) electrons. The number of hydrogen-bond donors (Lipinski definition) is 1.